The third-order valence-electron chi connectivity index (χ3n) is 6.41. The maximum absolute atomic E-state index is 10.8. The Hall–Kier alpha value is -1.40. The van der Waals surface area contributed by atoms with E-state index in [1.807, 2.05) is 0 Å². The maximum atomic E-state index is 10.8. The van der Waals surface area contributed by atoms with Crippen molar-refractivity contribution in [1.82, 2.24) is 19.3 Å². The Bertz CT molecular complexity index is 763. The van der Waals surface area contributed by atoms with E-state index in [0.29, 0.717) is 12.1 Å². The zero-order valence-corrected chi connectivity index (χ0v) is 17.0. The van der Waals surface area contributed by atoms with Crippen molar-refractivity contribution >= 4 is 10.9 Å². The van der Waals surface area contributed by atoms with Crippen molar-refractivity contribution in [2.24, 2.45) is 0 Å². The standard InChI is InChI=1S/C22H34N4O/c1-17(2)26-15-18(19-6-4-5-7-20(19)26)14-24-9-8-21(22(27)16-24)25-12-10-23(3)11-13-25/h4-7,15,17,21-22,27H,8-14,16H2,1-3H3/t21-,22-/m1/s1. The molecule has 27 heavy (non-hydrogen) atoms. The number of para-hydroxylation sites is 1. The number of piperazine rings is 1. The van der Waals surface area contributed by atoms with Gasteiger partial charge in [0.25, 0.3) is 0 Å². The van der Waals surface area contributed by atoms with Crippen LogP contribution in [0.15, 0.2) is 30.5 Å². The molecule has 0 saturated carbocycles. The first kappa shape index (κ1) is 18.9. The predicted octanol–water partition coefficient (Wildman–Crippen LogP) is 2.40. The second kappa shape index (κ2) is 7.92. The molecule has 0 aliphatic carbocycles. The molecule has 0 unspecified atom stereocenters. The monoisotopic (exact) mass is 370 g/mol. The van der Waals surface area contributed by atoms with Gasteiger partial charge in [0.15, 0.2) is 0 Å². The third-order valence-corrected chi connectivity index (χ3v) is 6.41. The van der Waals surface area contributed by atoms with Gasteiger partial charge in [-0.2, -0.15) is 0 Å². The molecule has 2 fully saturated rings. The summed E-state index contributed by atoms with van der Waals surface area (Å²) in [6.45, 7) is 11.6. The summed E-state index contributed by atoms with van der Waals surface area (Å²) in [4.78, 5) is 7.32. The van der Waals surface area contributed by atoms with Crippen LogP contribution in [-0.2, 0) is 6.54 Å². The topological polar surface area (TPSA) is 34.9 Å². The molecule has 0 amide bonds. The second-order valence-corrected chi connectivity index (χ2v) is 8.67. The molecule has 2 aromatic rings. The molecule has 1 N–H and O–H groups in total. The molecular weight excluding hydrogens is 336 g/mol. The minimum Gasteiger partial charge on any atom is -0.390 e. The van der Waals surface area contributed by atoms with Crippen LogP contribution in [0.5, 0.6) is 0 Å². The predicted molar refractivity (Wildman–Crippen MR) is 111 cm³/mol. The minimum atomic E-state index is -0.249. The number of fused-ring (bicyclic) bond motifs is 1. The normalized spacial score (nSPS) is 26.3. The molecule has 2 aliphatic heterocycles. The summed E-state index contributed by atoms with van der Waals surface area (Å²) in [7, 11) is 2.18. The molecule has 2 atom stereocenters. The van der Waals surface area contributed by atoms with Crippen LogP contribution >= 0.6 is 0 Å². The molecule has 3 heterocycles. The number of aliphatic hydroxyl groups excluding tert-OH is 1. The Morgan fingerprint density at radius 2 is 1.81 bits per heavy atom. The summed E-state index contributed by atoms with van der Waals surface area (Å²) >= 11 is 0. The van der Waals surface area contributed by atoms with Gasteiger partial charge in [-0.05, 0) is 38.9 Å². The first-order chi connectivity index (χ1) is 13.0. The number of β-amino-alcohol motifs (C(OH)–C–C–N with tert-alkyl or cyclic N) is 1. The van der Waals surface area contributed by atoms with Crippen molar-refractivity contribution in [2.45, 2.75) is 45.0 Å². The van der Waals surface area contributed by atoms with E-state index in [9.17, 15) is 5.11 Å². The number of nitrogens with zero attached hydrogens (tertiary/aromatic N) is 4. The fourth-order valence-electron chi connectivity index (χ4n) is 4.78. The molecular formula is C22H34N4O. The van der Waals surface area contributed by atoms with Crippen LogP contribution in [0.1, 0.15) is 31.9 Å². The summed E-state index contributed by atoms with van der Waals surface area (Å²) in [5.74, 6) is 0. The number of likely N-dealkylation sites (tertiary alicyclic amines) is 1. The molecule has 148 valence electrons. The van der Waals surface area contributed by atoms with Crippen LogP contribution in [0.3, 0.4) is 0 Å². The Labute approximate surface area is 163 Å². The van der Waals surface area contributed by atoms with Crippen molar-refractivity contribution in [3.8, 4) is 0 Å². The molecule has 1 aromatic heterocycles. The van der Waals surface area contributed by atoms with Crippen LogP contribution < -0.4 is 0 Å². The van der Waals surface area contributed by atoms with E-state index in [-0.39, 0.29) is 6.10 Å². The Morgan fingerprint density at radius 3 is 2.52 bits per heavy atom. The minimum absolute atomic E-state index is 0.249. The van der Waals surface area contributed by atoms with Crippen molar-refractivity contribution in [3.05, 3.63) is 36.0 Å². The quantitative estimate of drug-likeness (QED) is 0.896. The van der Waals surface area contributed by atoms with Crippen LogP contribution in [0.25, 0.3) is 10.9 Å². The molecule has 5 nitrogen and oxygen atoms in total. The van der Waals surface area contributed by atoms with Gasteiger partial charge in [-0.3, -0.25) is 9.80 Å². The number of rotatable bonds is 4. The number of aromatic nitrogens is 1. The highest BCUT2D eigenvalue weighted by Crippen LogP contribution is 2.27. The fraction of sp³-hybridized carbons (Fsp3) is 0.636. The molecule has 0 bridgehead atoms. The Morgan fingerprint density at radius 1 is 1.07 bits per heavy atom. The molecule has 0 radical (unpaired) electrons. The summed E-state index contributed by atoms with van der Waals surface area (Å²) in [5, 5.41) is 12.2. The van der Waals surface area contributed by atoms with Gasteiger partial charge in [0.1, 0.15) is 0 Å². The Balaban J connectivity index is 1.44. The molecule has 5 heteroatoms. The summed E-state index contributed by atoms with van der Waals surface area (Å²) < 4.78 is 2.37. The van der Waals surface area contributed by atoms with E-state index in [1.165, 1.54) is 16.5 Å². The summed E-state index contributed by atoms with van der Waals surface area (Å²) in [5.41, 5.74) is 2.69. The van der Waals surface area contributed by atoms with Gasteiger partial charge in [-0.25, -0.2) is 0 Å². The fourth-order valence-corrected chi connectivity index (χ4v) is 4.78. The van der Waals surface area contributed by atoms with Crippen LogP contribution in [0.4, 0.5) is 0 Å². The van der Waals surface area contributed by atoms with Crippen LogP contribution in [0.2, 0.25) is 0 Å². The van der Waals surface area contributed by atoms with E-state index in [4.69, 9.17) is 0 Å². The van der Waals surface area contributed by atoms with Crippen molar-refractivity contribution in [3.63, 3.8) is 0 Å². The highest BCUT2D eigenvalue weighted by molar-refractivity contribution is 5.84. The lowest BCUT2D eigenvalue weighted by Crippen LogP contribution is -2.58. The number of benzene rings is 1. The summed E-state index contributed by atoms with van der Waals surface area (Å²) in [6.07, 6.45) is 3.13. The Kier molecular flexibility index (Phi) is 5.55. The van der Waals surface area contributed by atoms with Crippen LogP contribution in [0, 0.1) is 0 Å². The van der Waals surface area contributed by atoms with Gasteiger partial charge in [-0.1, -0.05) is 18.2 Å². The zero-order chi connectivity index (χ0) is 19.0. The molecule has 2 saturated heterocycles. The smallest absolute Gasteiger partial charge is 0.0822 e. The second-order valence-electron chi connectivity index (χ2n) is 8.67. The van der Waals surface area contributed by atoms with Crippen molar-refractivity contribution in [1.29, 1.82) is 0 Å². The molecule has 2 aliphatic rings. The van der Waals surface area contributed by atoms with Crippen LogP contribution in [-0.4, -0.2) is 82.8 Å². The van der Waals surface area contributed by atoms with Crippen molar-refractivity contribution in [2.75, 3.05) is 46.3 Å². The highest BCUT2D eigenvalue weighted by atomic mass is 16.3. The van der Waals surface area contributed by atoms with Gasteiger partial charge < -0.3 is 14.6 Å². The van der Waals surface area contributed by atoms with Crippen molar-refractivity contribution < 1.29 is 5.11 Å². The van der Waals surface area contributed by atoms with Gasteiger partial charge in [-0.15, -0.1) is 0 Å². The molecule has 0 spiro atoms. The van der Waals surface area contributed by atoms with Gasteiger partial charge in [0, 0.05) is 75.0 Å². The number of likely N-dealkylation sites (N-methyl/N-ethyl adjacent to an activating group) is 1. The lowest BCUT2D eigenvalue weighted by Gasteiger charge is -2.44. The van der Waals surface area contributed by atoms with Gasteiger partial charge in [0.2, 0.25) is 0 Å². The third kappa shape index (κ3) is 3.92. The van der Waals surface area contributed by atoms with Gasteiger partial charge in [0.05, 0.1) is 6.10 Å². The molecule has 4 rings (SSSR count). The van der Waals surface area contributed by atoms with E-state index in [1.54, 1.807) is 0 Å². The number of aliphatic hydroxyl groups is 1. The highest BCUT2D eigenvalue weighted by Gasteiger charge is 2.33. The van der Waals surface area contributed by atoms with Gasteiger partial charge >= 0.3 is 0 Å². The largest absolute Gasteiger partial charge is 0.390 e. The van der Waals surface area contributed by atoms with E-state index >= 15 is 0 Å². The average Bonchev–Trinajstić information content (AvgIpc) is 3.02. The first-order valence-electron chi connectivity index (χ1n) is 10.4. The molecule has 1 aromatic carbocycles. The number of hydrogen-bond acceptors (Lipinski definition) is 4. The van der Waals surface area contributed by atoms with E-state index in [2.05, 4.69) is 70.6 Å². The first-order valence-corrected chi connectivity index (χ1v) is 10.4. The zero-order valence-electron chi connectivity index (χ0n) is 17.0. The maximum Gasteiger partial charge on any atom is 0.0822 e. The van der Waals surface area contributed by atoms with E-state index < -0.39 is 0 Å². The number of hydrogen-bond donors (Lipinski definition) is 1. The lowest BCUT2D eigenvalue weighted by molar-refractivity contribution is -0.0285. The number of piperidine rings is 1. The summed E-state index contributed by atoms with van der Waals surface area (Å²) in [6, 6.07) is 9.48. The SMILES string of the molecule is CC(C)n1cc(CN2CC[C@@H](N3CCN(C)CC3)[C@H](O)C2)c2ccccc21. The average molecular weight is 371 g/mol. The van der Waals surface area contributed by atoms with E-state index in [0.717, 1.165) is 52.2 Å². The lowest BCUT2D eigenvalue weighted by atomic mass is 9.98.